The largest absolute Gasteiger partial charge is 0.393 e. The molecule has 1 aliphatic carbocycles. The number of aliphatic hydroxyl groups is 1. The summed E-state index contributed by atoms with van der Waals surface area (Å²) < 4.78 is 5.11. The fraction of sp³-hybridized carbons (Fsp3) is 0.800. The van der Waals surface area contributed by atoms with Gasteiger partial charge in [0, 0.05) is 11.8 Å². The maximum absolute atomic E-state index is 9.10. The molecule has 1 heterocycles. The molecule has 0 spiro atoms. The van der Waals surface area contributed by atoms with Gasteiger partial charge < -0.3 is 9.63 Å². The number of aromatic nitrogens is 2. The third kappa shape index (κ3) is 1.95. The van der Waals surface area contributed by atoms with E-state index in [1.54, 1.807) is 6.92 Å². The van der Waals surface area contributed by atoms with E-state index in [2.05, 4.69) is 17.1 Å². The first kappa shape index (κ1) is 9.65. The van der Waals surface area contributed by atoms with Crippen LogP contribution in [-0.2, 0) is 11.8 Å². The fourth-order valence-electron chi connectivity index (χ4n) is 1.35. The number of rotatable bonds is 4. The lowest BCUT2D eigenvalue weighted by atomic mass is 10.1. The van der Waals surface area contributed by atoms with Gasteiger partial charge in [-0.3, -0.25) is 0 Å². The highest BCUT2D eigenvalue weighted by atomic mass is 16.5. The van der Waals surface area contributed by atoms with E-state index < -0.39 is 0 Å². The molecule has 1 aromatic rings. The van der Waals surface area contributed by atoms with E-state index >= 15 is 0 Å². The minimum atomic E-state index is -0.304. The van der Waals surface area contributed by atoms with Crippen LogP contribution in [0.5, 0.6) is 0 Å². The van der Waals surface area contributed by atoms with Crippen LogP contribution in [0.4, 0.5) is 0 Å². The van der Waals surface area contributed by atoms with Crippen LogP contribution < -0.4 is 0 Å². The topological polar surface area (TPSA) is 59.2 Å². The van der Waals surface area contributed by atoms with Gasteiger partial charge in [0.25, 0.3) is 0 Å². The van der Waals surface area contributed by atoms with E-state index in [1.165, 1.54) is 0 Å². The van der Waals surface area contributed by atoms with Crippen molar-refractivity contribution >= 4 is 0 Å². The summed E-state index contributed by atoms with van der Waals surface area (Å²) in [5.41, 5.74) is 0.173. The Morgan fingerprint density at radius 1 is 1.57 bits per heavy atom. The van der Waals surface area contributed by atoms with Crippen LogP contribution in [0.25, 0.3) is 0 Å². The van der Waals surface area contributed by atoms with E-state index in [0.717, 1.165) is 18.7 Å². The SMILES string of the molecule is CC(O)CCc1nc(C2(C)CC2)no1. The van der Waals surface area contributed by atoms with Crippen LogP contribution >= 0.6 is 0 Å². The first-order valence-electron chi connectivity index (χ1n) is 5.11. The lowest BCUT2D eigenvalue weighted by Gasteiger charge is -1.99. The Bertz CT molecular complexity index is 316. The minimum absolute atomic E-state index is 0.173. The molecule has 1 aliphatic rings. The Balaban J connectivity index is 1.96. The Morgan fingerprint density at radius 3 is 2.86 bits per heavy atom. The zero-order valence-electron chi connectivity index (χ0n) is 8.66. The van der Waals surface area contributed by atoms with Crippen molar-refractivity contribution in [1.82, 2.24) is 10.1 Å². The van der Waals surface area contributed by atoms with Gasteiger partial charge in [0.05, 0.1) is 6.10 Å². The van der Waals surface area contributed by atoms with Crippen LogP contribution in [0.2, 0.25) is 0 Å². The van der Waals surface area contributed by atoms with E-state index in [9.17, 15) is 0 Å². The maximum Gasteiger partial charge on any atom is 0.226 e. The molecule has 1 saturated carbocycles. The normalized spacial score (nSPS) is 20.8. The van der Waals surface area contributed by atoms with Crippen LogP contribution in [0.15, 0.2) is 4.52 Å². The van der Waals surface area contributed by atoms with Gasteiger partial charge in [-0.05, 0) is 26.2 Å². The lowest BCUT2D eigenvalue weighted by molar-refractivity contribution is 0.180. The van der Waals surface area contributed by atoms with Crippen LogP contribution in [0.3, 0.4) is 0 Å². The van der Waals surface area contributed by atoms with Gasteiger partial charge in [-0.15, -0.1) is 0 Å². The molecule has 1 atom stereocenters. The Labute approximate surface area is 83.3 Å². The summed E-state index contributed by atoms with van der Waals surface area (Å²) in [5.74, 6) is 1.48. The van der Waals surface area contributed by atoms with Crippen LogP contribution in [0, 0.1) is 0 Å². The first-order valence-corrected chi connectivity index (χ1v) is 5.11. The monoisotopic (exact) mass is 196 g/mol. The predicted molar refractivity (Wildman–Crippen MR) is 50.9 cm³/mol. The second kappa shape index (κ2) is 3.35. The van der Waals surface area contributed by atoms with Gasteiger partial charge in [0.15, 0.2) is 5.82 Å². The third-order valence-electron chi connectivity index (χ3n) is 2.78. The molecule has 14 heavy (non-hydrogen) atoms. The van der Waals surface area contributed by atoms with Crippen molar-refractivity contribution in [1.29, 1.82) is 0 Å². The summed E-state index contributed by atoms with van der Waals surface area (Å²) in [6, 6.07) is 0. The zero-order valence-corrected chi connectivity index (χ0v) is 8.66. The molecule has 4 heteroatoms. The summed E-state index contributed by atoms with van der Waals surface area (Å²) >= 11 is 0. The van der Waals surface area contributed by atoms with Crippen molar-refractivity contribution < 1.29 is 9.63 Å². The van der Waals surface area contributed by atoms with Crippen molar-refractivity contribution in [2.75, 3.05) is 0 Å². The Morgan fingerprint density at radius 2 is 2.29 bits per heavy atom. The van der Waals surface area contributed by atoms with E-state index in [4.69, 9.17) is 9.63 Å². The second-order valence-electron chi connectivity index (χ2n) is 4.46. The average Bonchev–Trinajstić information content (AvgIpc) is 2.70. The molecule has 1 unspecified atom stereocenters. The standard InChI is InChI=1S/C10H16N2O2/c1-7(13)3-4-8-11-9(12-14-8)10(2)5-6-10/h7,13H,3-6H2,1-2H3. The number of aliphatic hydroxyl groups excluding tert-OH is 1. The fourth-order valence-corrected chi connectivity index (χ4v) is 1.35. The maximum atomic E-state index is 9.10. The van der Waals surface area contributed by atoms with Crippen LogP contribution in [-0.4, -0.2) is 21.4 Å². The van der Waals surface area contributed by atoms with Gasteiger partial charge in [-0.2, -0.15) is 4.98 Å². The molecule has 78 valence electrons. The molecular formula is C10H16N2O2. The zero-order chi connectivity index (χ0) is 10.2. The molecule has 0 aromatic carbocycles. The van der Waals surface area contributed by atoms with E-state index in [-0.39, 0.29) is 11.5 Å². The minimum Gasteiger partial charge on any atom is -0.393 e. The molecule has 0 amide bonds. The Hall–Kier alpha value is -0.900. The van der Waals surface area contributed by atoms with Crippen LogP contribution in [0.1, 0.15) is 44.8 Å². The molecule has 1 fully saturated rings. The summed E-state index contributed by atoms with van der Waals surface area (Å²) in [4.78, 5) is 4.33. The summed E-state index contributed by atoms with van der Waals surface area (Å²) in [6.45, 7) is 3.91. The van der Waals surface area contributed by atoms with Crippen molar-refractivity contribution in [3.8, 4) is 0 Å². The van der Waals surface area contributed by atoms with Gasteiger partial charge in [0.1, 0.15) is 0 Å². The number of aryl methyl sites for hydroxylation is 1. The molecule has 1 N–H and O–H groups in total. The highest BCUT2D eigenvalue weighted by molar-refractivity contribution is 5.14. The second-order valence-corrected chi connectivity index (χ2v) is 4.46. The van der Waals surface area contributed by atoms with Crippen molar-refractivity contribution in [3.63, 3.8) is 0 Å². The summed E-state index contributed by atoms with van der Waals surface area (Å²) in [5, 5.41) is 13.1. The van der Waals surface area contributed by atoms with Gasteiger partial charge in [-0.25, -0.2) is 0 Å². The number of nitrogens with zero attached hydrogens (tertiary/aromatic N) is 2. The predicted octanol–water partition coefficient (Wildman–Crippen LogP) is 1.43. The first-order chi connectivity index (χ1) is 6.60. The summed E-state index contributed by atoms with van der Waals surface area (Å²) in [6.07, 6.45) is 3.35. The highest BCUT2D eigenvalue weighted by Crippen LogP contribution is 2.45. The molecule has 0 saturated heterocycles. The van der Waals surface area contributed by atoms with Crippen molar-refractivity contribution in [3.05, 3.63) is 11.7 Å². The molecule has 0 bridgehead atoms. The third-order valence-corrected chi connectivity index (χ3v) is 2.78. The molecular weight excluding hydrogens is 180 g/mol. The van der Waals surface area contributed by atoms with Crippen molar-refractivity contribution in [2.45, 2.75) is 51.0 Å². The molecule has 0 aliphatic heterocycles. The highest BCUT2D eigenvalue weighted by Gasteiger charge is 2.43. The quantitative estimate of drug-likeness (QED) is 0.791. The molecule has 1 aromatic heterocycles. The number of hydrogen-bond acceptors (Lipinski definition) is 4. The van der Waals surface area contributed by atoms with Crippen molar-refractivity contribution in [2.24, 2.45) is 0 Å². The van der Waals surface area contributed by atoms with E-state index in [1.807, 2.05) is 0 Å². The lowest BCUT2D eigenvalue weighted by Crippen LogP contribution is -2.04. The van der Waals surface area contributed by atoms with Gasteiger partial charge in [-0.1, -0.05) is 12.1 Å². The summed E-state index contributed by atoms with van der Waals surface area (Å²) in [7, 11) is 0. The Kier molecular flexibility index (Phi) is 2.31. The van der Waals surface area contributed by atoms with E-state index in [0.29, 0.717) is 18.7 Å². The van der Waals surface area contributed by atoms with Gasteiger partial charge in [0.2, 0.25) is 5.89 Å². The number of hydrogen-bond donors (Lipinski definition) is 1. The average molecular weight is 196 g/mol. The molecule has 0 radical (unpaired) electrons. The molecule has 2 rings (SSSR count). The smallest absolute Gasteiger partial charge is 0.226 e. The molecule has 4 nitrogen and oxygen atoms in total. The van der Waals surface area contributed by atoms with Gasteiger partial charge >= 0.3 is 0 Å².